The summed E-state index contributed by atoms with van der Waals surface area (Å²) in [7, 11) is 1.60. The van der Waals surface area contributed by atoms with Crippen molar-refractivity contribution in [2.75, 3.05) is 32.5 Å². The Hall–Kier alpha value is -2.82. The molecule has 3 aromatic rings. The van der Waals surface area contributed by atoms with Crippen LogP contribution in [0.5, 0.6) is 5.75 Å². The second-order valence-electron chi connectivity index (χ2n) is 10.3. The number of alkyl halides is 3. The third kappa shape index (κ3) is 8.11. The van der Waals surface area contributed by atoms with E-state index in [9.17, 15) is 28.2 Å². The molecule has 3 atom stereocenters. The predicted molar refractivity (Wildman–Crippen MR) is 150 cm³/mol. The molecule has 1 aliphatic rings. The van der Waals surface area contributed by atoms with Crippen molar-refractivity contribution in [3.8, 4) is 5.75 Å². The summed E-state index contributed by atoms with van der Waals surface area (Å²) in [5.41, 5.74) is 0.941. The molecule has 2 aromatic carbocycles. The molecule has 216 valence electrons. The fourth-order valence-electron chi connectivity index (χ4n) is 5.52. The highest BCUT2D eigenvalue weighted by Gasteiger charge is 2.31. The van der Waals surface area contributed by atoms with Crippen LogP contribution in [0, 0.1) is 11.8 Å². The topological polar surface area (TPSA) is 82.9 Å². The number of pyridine rings is 1. The fraction of sp³-hybridized carbons (Fsp3) is 0.467. The van der Waals surface area contributed by atoms with Crippen LogP contribution in [0.3, 0.4) is 0 Å². The van der Waals surface area contributed by atoms with Gasteiger partial charge in [0.05, 0.1) is 24.3 Å². The minimum absolute atomic E-state index is 0.0886. The lowest BCUT2D eigenvalue weighted by molar-refractivity contribution is -0.138. The minimum atomic E-state index is -4.36. The van der Waals surface area contributed by atoms with E-state index in [1.54, 1.807) is 19.4 Å². The van der Waals surface area contributed by atoms with E-state index >= 15 is 0 Å². The number of likely N-dealkylation sites (tertiary alicyclic amines) is 1. The van der Waals surface area contributed by atoms with E-state index in [2.05, 4.69) is 9.88 Å². The largest absolute Gasteiger partial charge is 0.497 e. The van der Waals surface area contributed by atoms with Crippen molar-refractivity contribution in [3.05, 3.63) is 65.9 Å². The molecule has 1 aliphatic heterocycles. The number of rotatable bonds is 12. The second kappa shape index (κ2) is 13.7. The van der Waals surface area contributed by atoms with Gasteiger partial charge in [-0.3, -0.25) is 9.78 Å². The van der Waals surface area contributed by atoms with Gasteiger partial charge in [0.25, 0.3) is 0 Å². The summed E-state index contributed by atoms with van der Waals surface area (Å²) in [5, 5.41) is 21.3. The first-order valence-electron chi connectivity index (χ1n) is 13.5. The van der Waals surface area contributed by atoms with Crippen LogP contribution in [0.2, 0.25) is 0 Å². The molecule has 0 bridgehead atoms. The van der Waals surface area contributed by atoms with Crippen molar-refractivity contribution in [2.24, 2.45) is 11.8 Å². The molecule has 4 rings (SSSR count). The van der Waals surface area contributed by atoms with Gasteiger partial charge in [0.1, 0.15) is 5.75 Å². The number of carbonyl (C=O) groups is 1. The number of aliphatic hydroxyl groups is 1. The number of carboxylic acid groups (broad SMARTS) is 1. The van der Waals surface area contributed by atoms with E-state index in [0.717, 1.165) is 48.5 Å². The quantitative estimate of drug-likeness (QED) is 0.233. The number of aromatic nitrogens is 1. The average molecular weight is 577 g/mol. The molecule has 2 N–H and O–H groups in total. The zero-order valence-electron chi connectivity index (χ0n) is 22.4. The minimum Gasteiger partial charge on any atom is -0.497 e. The van der Waals surface area contributed by atoms with Crippen molar-refractivity contribution in [1.82, 2.24) is 9.88 Å². The maximum atomic E-state index is 13.0. The molecular weight excluding hydrogens is 541 g/mol. The van der Waals surface area contributed by atoms with E-state index in [1.165, 1.54) is 23.9 Å². The molecule has 0 radical (unpaired) electrons. The first-order chi connectivity index (χ1) is 19.1. The number of carboxylic acids is 1. The molecule has 6 nitrogen and oxygen atoms in total. The Balaban J connectivity index is 1.34. The van der Waals surface area contributed by atoms with Crippen molar-refractivity contribution >= 4 is 28.6 Å². The Bertz CT molecular complexity index is 1290. The number of aliphatic hydroxyl groups excluding tert-OH is 1. The van der Waals surface area contributed by atoms with Crippen LogP contribution in [-0.4, -0.2) is 58.6 Å². The number of benzene rings is 2. The lowest BCUT2D eigenvalue weighted by Gasteiger charge is -2.39. The van der Waals surface area contributed by atoms with Gasteiger partial charge in [0.15, 0.2) is 0 Å². The maximum Gasteiger partial charge on any atom is 0.416 e. The highest BCUT2D eigenvalue weighted by Crippen LogP contribution is 2.36. The van der Waals surface area contributed by atoms with Gasteiger partial charge in [0, 0.05) is 41.7 Å². The first kappa shape index (κ1) is 30.1. The van der Waals surface area contributed by atoms with E-state index < -0.39 is 23.8 Å². The molecule has 0 aliphatic carbocycles. The Labute approximate surface area is 236 Å². The van der Waals surface area contributed by atoms with Crippen molar-refractivity contribution in [2.45, 2.75) is 49.3 Å². The molecule has 0 spiro atoms. The highest BCUT2D eigenvalue weighted by atomic mass is 32.2. The normalized spacial score (nSPS) is 19.0. The molecule has 40 heavy (non-hydrogen) atoms. The van der Waals surface area contributed by atoms with Crippen LogP contribution in [0.15, 0.2) is 59.6 Å². The van der Waals surface area contributed by atoms with Gasteiger partial charge in [-0.2, -0.15) is 13.2 Å². The first-order valence-corrected chi connectivity index (χ1v) is 14.5. The summed E-state index contributed by atoms with van der Waals surface area (Å²) < 4.78 is 44.4. The number of piperidine rings is 1. The van der Waals surface area contributed by atoms with Gasteiger partial charge >= 0.3 is 12.1 Å². The van der Waals surface area contributed by atoms with E-state index in [0.29, 0.717) is 35.8 Å². The monoisotopic (exact) mass is 576 g/mol. The summed E-state index contributed by atoms with van der Waals surface area (Å²) >= 11 is 1.40. The number of nitrogens with zero attached hydrogens (tertiary/aromatic N) is 2. The summed E-state index contributed by atoms with van der Waals surface area (Å²) in [5.74, 6) is 0.970. The summed E-state index contributed by atoms with van der Waals surface area (Å²) in [4.78, 5) is 18.6. The van der Waals surface area contributed by atoms with Gasteiger partial charge in [-0.05, 0) is 92.1 Å². The number of ether oxygens (including phenoxy) is 1. The maximum absolute atomic E-state index is 13.0. The van der Waals surface area contributed by atoms with Crippen molar-refractivity contribution in [1.29, 1.82) is 0 Å². The molecule has 0 saturated carbocycles. The number of hydrogen-bond acceptors (Lipinski definition) is 6. The number of halogens is 3. The number of fused-ring (bicyclic) bond motifs is 1. The highest BCUT2D eigenvalue weighted by molar-refractivity contribution is 7.99. The Morgan fingerprint density at radius 1 is 1.18 bits per heavy atom. The molecule has 1 fully saturated rings. The fourth-order valence-corrected chi connectivity index (χ4v) is 6.49. The van der Waals surface area contributed by atoms with Crippen LogP contribution < -0.4 is 4.74 Å². The average Bonchev–Trinajstić information content (AvgIpc) is 2.94. The Kier molecular flexibility index (Phi) is 10.3. The van der Waals surface area contributed by atoms with Gasteiger partial charge in [0.2, 0.25) is 0 Å². The SMILES string of the molecule is COc1ccc2nccc([C@@H](O)CCC3CCN(CCSc4cccc(C(F)(F)F)c4)CC3CCC(=O)O)c2c1. The Morgan fingerprint density at radius 2 is 2.00 bits per heavy atom. The van der Waals surface area contributed by atoms with Crippen molar-refractivity contribution in [3.63, 3.8) is 0 Å². The predicted octanol–water partition coefficient (Wildman–Crippen LogP) is 6.67. The lowest BCUT2D eigenvalue weighted by Crippen LogP contribution is -2.41. The number of aliphatic carboxylic acids is 1. The molecule has 1 aromatic heterocycles. The third-order valence-electron chi connectivity index (χ3n) is 7.69. The summed E-state index contributed by atoms with van der Waals surface area (Å²) in [6.45, 7) is 2.29. The smallest absolute Gasteiger partial charge is 0.416 e. The Morgan fingerprint density at radius 3 is 2.75 bits per heavy atom. The number of hydrogen-bond donors (Lipinski definition) is 2. The molecule has 1 saturated heterocycles. The van der Waals surface area contributed by atoms with Crippen LogP contribution >= 0.6 is 11.8 Å². The zero-order valence-corrected chi connectivity index (χ0v) is 23.3. The van der Waals surface area contributed by atoms with Gasteiger partial charge in [-0.1, -0.05) is 6.07 Å². The molecule has 0 amide bonds. The van der Waals surface area contributed by atoms with E-state index in [1.807, 2.05) is 24.3 Å². The van der Waals surface area contributed by atoms with Gasteiger partial charge in [-0.15, -0.1) is 11.8 Å². The molecule has 2 heterocycles. The van der Waals surface area contributed by atoms with E-state index in [4.69, 9.17) is 4.74 Å². The summed E-state index contributed by atoms with van der Waals surface area (Å²) in [6, 6.07) is 12.8. The van der Waals surface area contributed by atoms with Crippen LogP contribution in [-0.2, 0) is 11.0 Å². The van der Waals surface area contributed by atoms with Crippen LogP contribution in [0.4, 0.5) is 13.2 Å². The standard InChI is InChI=1S/C30H35F3N2O4S/c1-39-23-7-8-27-26(18-23)25(11-13-34-27)28(36)9-5-20-12-14-35(19-21(20)6-10-29(37)38)15-16-40-24-4-2-3-22(17-24)30(31,32)33/h2-4,7-8,11,13,17-18,20-21,28,36H,5-6,9-10,12,14-16,19H2,1H3,(H,37,38)/t20?,21?,28-/m0/s1. The van der Waals surface area contributed by atoms with Crippen molar-refractivity contribution < 1.29 is 32.9 Å². The number of methoxy groups -OCH3 is 1. The van der Waals surface area contributed by atoms with Crippen LogP contribution in [0.1, 0.15) is 49.3 Å². The lowest BCUT2D eigenvalue weighted by atomic mass is 9.79. The third-order valence-corrected chi connectivity index (χ3v) is 8.67. The molecular formula is C30H35F3N2O4S. The molecule has 2 unspecified atom stereocenters. The van der Waals surface area contributed by atoms with Crippen LogP contribution in [0.25, 0.3) is 10.9 Å². The summed E-state index contributed by atoms with van der Waals surface area (Å²) in [6.07, 6.45) is -0.494. The second-order valence-corrected chi connectivity index (χ2v) is 11.5. The zero-order chi connectivity index (χ0) is 28.7. The van der Waals surface area contributed by atoms with Gasteiger partial charge < -0.3 is 19.8 Å². The number of thioether (sulfide) groups is 1. The van der Waals surface area contributed by atoms with E-state index in [-0.39, 0.29) is 18.3 Å². The van der Waals surface area contributed by atoms with Gasteiger partial charge in [-0.25, -0.2) is 0 Å². The molecule has 10 heteroatoms.